The van der Waals surface area contributed by atoms with Gasteiger partial charge in [0, 0.05) is 24.2 Å². The molecule has 2 N–H and O–H groups in total. The van der Waals surface area contributed by atoms with E-state index in [0.717, 1.165) is 16.5 Å². The summed E-state index contributed by atoms with van der Waals surface area (Å²) in [4.78, 5) is 23.3. The van der Waals surface area contributed by atoms with Crippen LogP contribution >= 0.6 is 0 Å². The number of amides is 2. The molecule has 0 bridgehead atoms. The van der Waals surface area contributed by atoms with Gasteiger partial charge in [-0.05, 0) is 35.9 Å². The van der Waals surface area contributed by atoms with Crippen LogP contribution in [0.4, 0.5) is 5.69 Å². The van der Waals surface area contributed by atoms with E-state index < -0.39 is 0 Å². The number of rotatable bonds is 5. The van der Waals surface area contributed by atoms with Gasteiger partial charge in [0.1, 0.15) is 11.3 Å². The highest BCUT2D eigenvalue weighted by Crippen LogP contribution is 2.19. The Hall–Kier alpha value is -3.34. The molecule has 1 heterocycles. The molecule has 0 spiro atoms. The number of likely N-dealkylation sites (N-methyl/N-ethyl adjacent to an activating group) is 1. The Bertz CT molecular complexity index is 891. The first-order valence-electron chi connectivity index (χ1n) is 7.91. The zero-order valence-corrected chi connectivity index (χ0v) is 13.8. The fourth-order valence-corrected chi connectivity index (χ4v) is 2.41. The number of nitrogens with one attached hydrogen (secondary N) is 2. The quantitative estimate of drug-likeness (QED) is 0.703. The van der Waals surface area contributed by atoms with E-state index >= 15 is 0 Å². The molecule has 3 aromatic rings. The molecule has 3 rings (SSSR count). The molecule has 0 unspecified atom stereocenters. The molecule has 5 heteroatoms. The lowest BCUT2D eigenvalue weighted by atomic mass is 10.1. The first-order valence-corrected chi connectivity index (χ1v) is 7.91. The van der Waals surface area contributed by atoms with Gasteiger partial charge in [-0.25, -0.2) is 0 Å². The summed E-state index contributed by atoms with van der Waals surface area (Å²) in [5.41, 5.74) is 2.34. The van der Waals surface area contributed by atoms with Crippen LogP contribution in [0.2, 0.25) is 0 Å². The molecule has 0 saturated carbocycles. The Morgan fingerprint density at radius 1 is 1.08 bits per heavy atom. The molecule has 0 aliphatic rings. The van der Waals surface area contributed by atoms with E-state index in [4.69, 9.17) is 4.42 Å². The van der Waals surface area contributed by atoms with Crippen molar-refractivity contribution in [2.45, 2.75) is 6.42 Å². The molecule has 25 heavy (non-hydrogen) atoms. The number of anilines is 1. The van der Waals surface area contributed by atoms with Crippen LogP contribution in [0.25, 0.3) is 17.0 Å². The van der Waals surface area contributed by atoms with Crippen LogP contribution in [0.5, 0.6) is 0 Å². The molecule has 0 saturated heterocycles. The minimum atomic E-state index is -0.250. The Morgan fingerprint density at radius 3 is 2.56 bits per heavy atom. The number of benzene rings is 2. The number of hydrogen-bond acceptors (Lipinski definition) is 3. The number of para-hydroxylation sites is 1. The van der Waals surface area contributed by atoms with E-state index in [2.05, 4.69) is 10.6 Å². The maximum absolute atomic E-state index is 12.0. The van der Waals surface area contributed by atoms with Gasteiger partial charge in [-0.2, -0.15) is 0 Å². The van der Waals surface area contributed by atoms with E-state index in [0.29, 0.717) is 17.9 Å². The number of hydrogen-bond donors (Lipinski definition) is 2. The summed E-state index contributed by atoms with van der Waals surface area (Å²) >= 11 is 0. The highest BCUT2D eigenvalue weighted by Gasteiger charge is 2.03. The van der Waals surface area contributed by atoms with Crippen molar-refractivity contribution in [2.24, 2.45) is 0 Å². The average Bonchev–Trinajstić information content (AvgIpc) is 3.04. The van der Waals surface area contributed by atoms with Crippen LogP contribution in [0.3, 0.4) is 0 Å². The monoisotopic (exact) mass is 334 g/mol. The molecule has 0 aliphatic carbocycles. The van der Waals surface area contributed by atoms with Gasteiger partial charge in [0.05, 0.1) is 6.42 Å². The third-order valence-electron chi connectivity index (χ3n) is 3.71. The van der Waals surface area contributed by atoms with Crippen LogP contribution in [0.15, 0.2) is 65.1 Å². The number of fused-ring (bicyclic) bond motifs is 1. The molecule has 5 nitrogen and oxygen atoms in total. The van der Waals surface area contributed by atoms with Crippen molar-refractivity contribution in [2.75, 3.05) is 12.4 Å². The maximum Gasteiger partial charge on any atom is 0.248 e. The largest absolute Gasteiger partial charge is 0.457 e. The molecular formula is C20H18N2O3. The van der Waals surface area contributed by atoms with Gasteiger partial charge in [0.15, 0.2) is 0 Å². The number of carbonyl (C=O) groups is 2. The summed E-state index contributed by atoms with van der Waals surface area (Å²) in [6.45, 7) is 0. The predicted octanol–water partition coefficient (Wildman–Crippen LogP) is 3.37. The molecule has 0 fully saturated rings. The Balaban J connectivity index is 1.60. The molecule has 2 aromatic carbocycles. The van der Waals surface area contributed by atoms with Crippen molar-refractivity contribution < 1.29 is 14.0 Å². The highest BCUT2D eigenvalue weighted by atomic mass is 16.3. The predicted molar refractivity (Wildman–Crippen MR) is 98.1 cm³/mol. The molecule has 2 amide bonds. The molecule has 126 valence electrons. The maximum atomic E-state index is 12.0. The first-order chi connectivity index (χ1) is 12.1. The van der Waals surface area contributed by atoms with Crippen molar-refractivity contribution in [1.29, 1.82) is 0 Å². The second-order valence-electron chi connectivity index (χ2n) is 5.56. The topological polar surface area (TPSA) is 71.3 Å². The van der Waals surface area contributed by atoms with Crippen LogP contribution < -0.4 is 10.6 Å². The van der Waals surface area contributed by atoms with Crippen molar-refractivity contribution in [3.05, 3.63) is 72.0 Å². The van der Waals surface area contributed by atoms with E-state index in [9.17, 15) is 9.59 Å². The molecule has 0 atom stereocenters. The van der Waals surface area contributed by atoms with E-state index in [1.54, 1.807) is 25.3 Å². The van der Waals surface area contributed by atoms with Crippen LogP contribution in [0, 0.1) is 0 Å². The number of carbonyl (C=O) groups excluding carboxylic acids is 2. The standard InChI is InChI=1S/C20H18N2O3/c1-21-20(24)12-14-6-8-16(9-7-14)22-19(23)11-10-17-13-15-4-2-3-5-18(15)25-17/h2-11,13H,12H2,1H3,(H,21,24)(H,22,23)/b11-10+. The van der Waals surface area contributed by atoms with Gasteiger partial charge in [-0.1, -0.05) is 30.3 Å². The van der Waals surface area contributed by atoms with Crippen LogP contribution in [-0.2, 0) is 16.0 Å². The van der Waals surface area contributed by atoms with Crippen LogP contribution in [0.1, 0.15) is 11.3 Å². The van der Waals surface area contributed by atoms with Crippen molar-refractivity contribution in [3.8, 4) is 0 Å². The smallest absolute Gasteiger partial charge is 0.248 e. The summed E-state index contributed by atoms with van der Waals surface area (Å²) in [5, 5.41) is 6.34. The van der Waals surface area contributed by atoms with Gasteiger partial charge < -0.3 is 15.1 Å². The van der Waals surface area contributed by atoms with Gasteiger partial charge in [0.2, 0.25) is 11.8 Å². The van der Waals surface area contributed by atoms with Crippen LogP contribution in [-0.4, -0.2) is 18.9 Å². The van der Waals surface area contributed by atoms with Crippen molar-refractivity contribution >= 4 is 34.5 Å². The normalized spacial score (nSPS) is 10.9. The zero-order chi connectivity index (χ0) is 17.6. The third-order valence-corrected chi connectivity index (χ3v) is 3.71. The van der Waals surface area contributed by atoms with Gasteiger partial charge >= 0.3 is 0 Å². The Labute approximate surface area is 145 Å². The summed E-state index contributed by atoms with van der Waals surface area (Å²) in [5.74, 6) is 0.322. The zero-order valence-electron chi connectivity index (χ0n) is 13.8. The second-order valence-corrected chi connectivity index (χ2v) is 5.56. The lowest BCUT2D eigenvalue weighted by molar-refractivity contribution is -0.120. The summed E-state index contributed by atoms with van der Waals surface area (Å²) in [6.07, 6.45) is 3.38. The average molecular weight is 334 g/mol. The minimum absolute atomic E-state index is 0.0504. The molecule has 1 aromatic heterocycles. The van der Waals surface area contributed by atoms with Gasteiger partial charge in [-0.3, -0.25) is 9.59 Å². The van der Waals surface area contributed by atoms with E-state index in [1.807, 2.05) is 42.5 Å². The van der Waals surface area contributed by atoms with E-state index in [1.165, 1.54) is 6.08 Å². The summed E-state index contributed by atoms with van der Waals surface area (Å²) in [6, 6.07) is 16.7. The highest BCUT2D eigenvalue weighted by molar-refractivity contribution is 6.02. The SMILES string of the molecule is CNC(=O)Cc1ccc(NC(=O)/C=C/c2cc3ccccc3o2)cc1. The number of furan rings is 1. The summed E-state index contributed by atoms with van der Waals surface area (Å²) < 4.78 is 5.63. The van der Waals surface area contributed by atoms with E-state index in [-0.39, 0.29) is 11.8 Å². The Kier molecular flexibility index (Phi) is 4.95. The molecule has 0 aliphatic heterocycles. The molecule has 0 radical (unpaired) electrons. The third kappa shape index (κ3) is 4.35. The lowest BCUT2D eigenvalue weighted by Gasteiger charge is -2.04. The minimum Gasteiger partial charge on any atom is -0.457 e. The van der Waals surface area contributed by atoms with Crippen molar-refractivity contribution in [1.82, 2.24) is 5.32 Å². The lowest BCUT2D eigenvalue weighted by Crippen LogP contribution is -2.19. The Morgan fingerprint density at radius 2 is 1.84 bits per heavy atom. The fraction of sp³-hybridized carbons (Fsp3) is 0.100. The van der Waals surface area contributed by atoms with Gasteiger partial charge in [0.25, 0.3) is 0 Å². The fourth-order valence-electron chi connectivity index (χ4n) is 2.41. The second kappa shape index (κ2) is 7.49. The van der Waals surface area contributed by atoms with Crippen molar-refractivity contribution in [3.63, 3.8) is 0 Å². The molecular weight excluding hydrogens is 316 g/mol. The van der Waals surface area contributed by atoms with Gasteiger partial charge in [-0.15, -0.1) is 0 Å². The summed E-state index contributed by atoms with van der Waals surface area (Å²) in [7, 11) is 1.60. The first kappa shape index (κ1) is 16.5.